The first kappa shape index (κ1) is 11.3. The van der Waals surface area contributed by atoms with Crippen molar-refractivity contribution in [1.82, 2.24) is 4.98 Å². The molecular formula is C10H14N2O3S. The molecule has 2 N–H and O–H groups in total. The van der Waals surface area contributed by atoms with Gasteiger partial charge in [-0.1, -0.05) is 11.3 Å². The highest BCUT2D eigenvalue weighted by Crippen LogP contribution is 2.23. The zero-order chi connectivity index (χ0) is 11.5. The molecule has 88 valence electrons. The average molecular weight is 242 g/mol. The van der Waals surface area contributed by atoms with Crippen molar-refractivity contribution in [2.75, 3.05) is 18.5 Å². The number of hydrogen-bond donors (Lipinski definition) is 2. The predicted octanol–water partition coefficient (Wildman–Crippen LogP) is 1.68. The molecule has 16 heavy (non-hydrogen) atoms. The number of nitrogens with one attached hydrogen (secondary N) is 1. The van der Waals surface area contributed by atoms with Gasteiger partial charge in [0.15, 0.2) is 5.13 Å². The second-order valence-electron chi connectivity index (χ2n) is 3.84. The summed E-state index contributed by atoms with van der Waals surface area (Å²) in [5.41, 5.74) is 0. The van der Waals surface area contributed by atoms with Crippen molar-refractivity contribution in [3.05, 3.63) is 11.1 Å². The summed E-state index contributed by atoms with van der Waals surface area (Å²) in [6.07, 6.45) is 2.70. The molecule has 0 bridgehead atoms. The van der Waals surface area contributed by atoms with Crippen LogP contribution in [0.2, 0.25) is 0 Å². The number of rotatable bonds is 4. The van der Waals surface area contributed by atoms with E-state index in [-0.39, 0.29) is 11.0 Å². The number of aromatic nitrogens is 1. The van der Waals surface area contributed by atoms with Crippen molar-refractivity contribution in [3.8, 4) is 0 Å². The standard InChI is InChI=1S/C10H14N2O3S/c1-6-7(2-3-15-6)4-11-10-12-5-8(16-10)9(13)14/h5-7H,2-4H2,1H3,(H,11,12)(H,13,14). The van der Waals surface area contributed by atoms with Crippen LogP contribution in [0, 0.1) is 5.92 Å². The van der Waals surface area contributed by atoms with Crippen LogP contribution in [0.5, 0.6) is 0 Å². The minimum absolute atomic E-state index is 0.262. The van der Waals surface area contributed by atoms with Gasteiger partial charge < -0.3 is 15.2 Å². The molecule has 1 aliphatic heterocycles. The molecule has 2 unspecified atom stereocenters. The molecule has 1 aliphatic rings. The van der Waals surface area contributed by atoms with Gasteiger partial charge in [0.2, 0.25) is 0 Å². The van der Waals surface area contributed by atoms with Crippen LogP contribution in [0.25, 0.3) is 0 Å². The molecule has 6 heteroatoms. The molecule has 0 aromatic carbocycles. The zero-order valence-corrected chi connectivity index (χ0v) is 9.79. The monoisotopic (exact) mass is 242 g/mol. The lowest BCUT2D eigenvalue weighted by molar-refractivity contribution is 0.0702. The largest absolute Gasteiger partial charge is 0.477 e. The zero-order valence-electron chi connectivity index (χ0n) is 8.97. The molecule has 1 aromatic heterocycles. The lowest BCUT2D eigenvalue weighted by atomic mass is 10.0. The number of hydrogen-bond acceptors (Lipinski definition) is 5. The molecule has 0 amide bonds. The fourth-order valence-electron chi connectivity index (χ4n) is 1.72. The summed E-state index contributed by atoms with van der Waals surface area (Å²) in [5, 5.41) is 12.6. The highest BCUT2D eigenvalue weighted by atomic mass is 32.1. The Kier molecular flexibility index (Phi) is 3.40. The van der Waals surface area contributed by atoms with Crippen LogP contribution in [-0.4, -0.2) is 35.3 Å². The average Bonchev–Trinajstić information content (AvgIpc) is 2.83. The van der Waals surface area contributed by atoms with E-state index in [1.165, 1.54) is 6.20 Å². The van der Waals surface area contributed by atoms with Crippen molar-refractivity contribution >= 4 is 22.4 Å². The van der Waals surface area contributed by atoms with Gasteiger partial charge in [-0.05, 0) is 13.3 Å². The van der Waals surface area contributed by atoms with Gasteiger partial charge in [0, 0.05) is 19.1 Å². The maximum absolute atomic E-state index is 10.6. The van der Waals surface area contributed by atoms with Gasteiger partial charge in [0.25, 0.3) is 0 Å². The van der Waals surface area contributed by atoms with Crippen LogP contribution in [0.3, 0.4) is 0 Å². The summed E-state index contributed by atoms with van der Waals surface area (Å²) >= 11 is 1.16. The van der Waals surface area contributed by atoms with Crippen LogP contribution in [-0.2, 0) is 4.74 Å². The highest BCUT2D eigenvalue weighted by Gasteiger charge is 2.24. The first-order valence-corrected chi connectivity index (χ1v) is 6.03. The molecule has 2 rings (SSSR count). The molecule has 1 fully saturated rings. The Bertz CT molecular complexity index is 380. The number of anilines is 1. The molecular weight excluding hydrogens is 228 g/mol. The minimum atomic E-state index is -0.928. The van der Waals surface area contributed by atoms with Crippen molar-refractivity contribution in [3.63, 3.8) is 0 Å². The Morgan fingerprint density at radius 3 is 3.19 bits per heavy atom. The van der Waals surface area contributed by atoms with Crippen molar-refractivity contribution in [2.24, 2.45) is 5.92 Å². The van der Waals surface area contributed by atoms with E-state index >= 15 is 0 Å². The van der Waals surface area contributed by atoms with E-state index in [9.17, 15) is 4.79 Å². The lowest BCUT2D eigenvalue weighted by Gasteiger charge is -2.13. The Balaban J connectivity index is 1.87. The van der Waals surface area contributed by atoms with E-state index < -0.39 is 5.97 Å². The quantitative estimate of drug-likeness (QED) is 0.840. The van der Waals surface area contributed by atoms with E-state index in [4.69, 9.17) is 9.84 Å². The van der Waals surface area contributed by atoms with E-state index in [0.717, 1.165) is 30.9 Å². The van der Waals surface area contributed by atoms with E-state index in [1.54, 1.807) is 0 Å². The number of thiazole rings is 1. The molecule has 1 saturated heterocycles. The summed E-state index contributed by atoms with van der Waals surface area (Å²) < 4.78 is 5.45. The van der Waals surface area contributed by atoms with Gasteiger partial charge >= 0.3 is 5.97 Å². The molecule has 0 spiro atoms. The number of carbonyl (C=O) groups is 1. The second kappa shape index (κ2) is 4.80. The normalized spacial score (nSPS) is 24.6. The molecule has 1 aromatic rings. The number of nitrogens with zero attached hydrogens (tertiary/aromatic N) is 1. The Morgan fingerprint density at radius 1 is 1.81 bits per heavy atom. The molecule has 5 nitrogen and oxygen atoms in total. The summed E-state index contributed by atoms with van der Waals surface area (Å²) in [4.78, 5) is 14.9. The van der Waals surface area contributed by atoms with Crippen LogP contribution in [0.1, 0.15) is 23.0 Å². The summed E-state index contributed by atoms with van der Waals surface area (Å²) in [6.45, 7) is 3.66. The van der Waals surface area contributed by atoms with Gasteiger partial charge in [-0.25, -0.2) is 9.78 Å². The Morgan fingerprint density at radius 2 is 2.62 bits per heavy atom. The lowest BCUT2D eigenvalue weighted by Crippen LogP contribution is -2.20. The summed E-state index contributed by atoms with van der Waals surface area (Å²) in [7, 11) is 0. The van der Waals surface area contributed by atoms with Crippen molar-refractivity contribution < 1.29 is 14.6 Å². The van der Waals surface area contributed by atoms with Crippen LogP contribution < -0.4 is 5.32 Å². The number of aromatic carboxylic acids is 1. The smallest absolute Gasteiger partial charge is 0.347 e. The second-order valence-corrected chi connectivity index (χ2v) is 4.87. The fourth-order valence-corrected chi connectivity index (χ4v) is 2.38. The first-order valence-electron chi connectivity index (χ1n) is 5.21. The molecule has 0 radical (unpaired) electrons. The van der Waals surface area contributed by atoms with E-state index in [1.807, 2.05) is 0 Å². The first-order chi connectivity index (χ1) is 7.66. The number of carboxylic acid groups (broad SMARTS) is 1. The maximum Gasteiger partial charge on any atom is 0.347 e. The summed E-state index contributed by atoms with van der Waals surface area (Å²) in [6, 6.07) is 0. The highest BCUT2D eigenvalue weighted by molar-refractivity contribution is 7.17. The molecule has 2 atom stereocenters. The van der Waals surface area contributed by atoms with E-state index in [2.05, 4.69) is 17.2 Å². The number of carboxylic acids is 1. The molecule has 0 saturated carbocycles. The summed E-state index contributed by atoms with van der Waals surface area (Å²) in [5.74, 6) is -0.444. The Labute approximate surface area is 97.5 Å². The van der Waals surface area contributed by atoms with Gasteiger partial charge in [0.1, 0.15) is 4.88 Å². The maximum atomic E-state index is 10.6. The van der Waals surface area contributed by atoms with Gasteiger partial charge in [0.05, 0.1) is 12.3 Å². The third-order valence-electron chi connectivity index (χ3n) is 2.77. The van der Waals surface area contributed by atoms with Crippen LogP contribution in [0.15, 0.2) is 6.20 Å². The fraction of sp³-hybridized carbons (Fsp3) is 0.600. The van der Waals surface area contributed by atoms with Crippen molar-refractivity contribution in [2.45, 2.75) is 19.4 Å². The van der Waals surface area contributed by atoms with E-state index in [0.29, 0.717) is 11.0 Å². The number of ether oxygens (including phenoxy) is 1. The van der Waals surface area contributed by atoms with Gasteiger partial charge in [-0.3, -0.25) is 0 Å². The van der Waals surface area contributed by atoms with Crippen LogP contribution >= 0.6 is 11.3 Å². The van der Waals surface area contributed by atoms with Gasteiger partial charge in [-0.2, -0.15) is 0 Å². The molecule has 0 aliphatic carbocycles. The Hall–Kier alpha value is -1.14. The molecule has 2 heterocycles. The van der Waals surface area contributed by atoms with Gasteiger partial charge in [-0.15, -0.1) is 0 Å². The van der Waals surface area contributed by atoms with Crippen molar-refractivity contribution in [1.29, 1.82) is 0 Å². The SMILES string of the molecule is CC1OCCC1CNc1ncc(C(=O)O)s1. The van der Waals surface area contributed by atoms with Crippen LogP contribution in [0.4, 0.5) is 5.13 Å². The predicted molar refractivity (Wildman–Crippen MR) is 61.1 cm³/mol. The minimum Gasteiger partial charge on any atom is -0.477 e. The third kappa shape index (κ3) is 2.51. The third-order valence-corrected chi connectivity index (χ3v) is 3.71. The topological polar surface area (TPSA) is 71.5 Å².